The van der Waals surface area contributed by atoms with E-state index in [1.165, 1.54) is 6.92 Å². The Morgan fingerprint density at radius 1 is 1.00 bits per heavy atom. The molecule has 2 aromatic heterocycles. The van der Waals surface area contributed by atoms with Gasteiger partial charge in [0.05, 0.1) is 17.9 Å². The highest BCUT2D eigenvalue weighted by Crippen LogP contribution is 2.18. The van der Waals surface area contributed by atoms with E-state index in [4.69, 9.17) is 0 Å². The van der Waals surface area contributed by atoms with Gasteiger partial charge in [0.1, 0.15) is 0 Å². The SMILES string of the molecule is CC(=O)Nc1ccc(C(=O)NCc2nccnc2-c2cccnc2)cc1. The van der Waals surface area contributed by atoms with E-state index in [1.807, 2.05) is 12.1 Å². The molecular weight excluding hydrogens is 330 g/mol. The maximum absolute atomic E-state index is 12.3. The van der Waals surface area contributed by atoms with Gasteiger partial charge in [-0.3, -0.25) is 24.5 Å². The maximum Gasteiger partial charge on any atom is 0.251 e. The minimum Gasteiger partial charge on any atom is -0.346 e. The topological polar surface area (TPSA) is 96.9 Å². The van der Waals surface area contributed by atoms with Crippen LogP contribution in [0.4, 0.5) is 5.69 Å². The molecule has 0 aliphatic heterocycles. The molecule has 0 unspecified atom stereocenters. The summed E-state index contributed by atoms with van der Waals surface area (Å²) in [6.07, 6.45) is 6.58. The van der Waals surface area contributed by atoms with Crippen LogP contribution in [0.3, 0.4) is 0 Å². The standard InChI is InChI=1S/C19H17N5O2/c1-13(25)24-16-6-4-14(5-7-16)19(26)23-12-17-18(22-10-9-21-17)15-3-2-8-20-11-15/h2-11H,12H2,1H3,(H,23,26)(H,24,25). The molecule has 0 fully saturated rings. The van der Waals surface area contributed by atoms with Crippen LogP contribution in [0.15, 0.2) is 61.2 Å². The molecule has 0 saturated heterocycles. The zero-order valence-electron chi connectivity index (χ0n) is 14.1. The molecular formula is C19H17N5O2. The summed E-state index contributed by atoms with van der Waals surface area (Å²) < 4.78 is 0. The largest absolute Gasteiger partial charge is 0.346 e. The number of nitrogens with zero attached hydrogens (tertiary/aromatic N) is 3. The predicted molar refractivity (Wildman–Crippen MR) is 97.2 cm³/mol. The molecule has 130 valence electrons. The van der Waals surface area contributed by atoms with Crippen LogP contribution in [0.5, 0.6) is 0 Å². The van der Waals surface area contributed by atoms with Gasteiger partial charge in [0.15, 0.2) is 0 Å². The highest BCUT2D eigenvalue weighted by Gasteiger charge is 2.11. The van der Waals surface area contributed by atoms with E-state index < -0.39 is 0 Å². The molecule has 7 nitrogen and oxygen atoms in total. The van der Waals surface area contributed by atoms with Crippen molar-refractivity contribution in [3.8, 4) is 11.3 Å². The third-order valence-corrected chi connectivity index (χ3v) is 3.59. The maximum atomic E-state index is 12.3. The second kappa shape index (κ2) is 7.98. The molecule has 3 aromatic rings. The fraction of sp³-hybridized carbons (Fsp3) is 0.105. The van der Waals surface area contributed by atoms with Crippen LogP contribution in [-0.4, -0.2) is 26.8 Å². The van der Waals surface area contributed by atoms with Crippen molar-refractivity contribution in [3.63, 3.8) is 0 Å². The average molecular weight is 347 g/mol. The summed E-state index contributed by atoms with van der Waals surface area (Å²) in [6.45, 7) is 1.67. The van der Waals surface area contributed by atoms with Crippen molar-refractivity contribution < 1.29 is 9.59 Å². The monoisotopic (exact) mass is 347 g/mol. The minimum atomic E-state index is -0.234. The molecule has 3 rings (SSSR count). The third-order valence-electron chi connectivity index (χ3n) is 3.59. The number of hydrogen-bond donors (Lipinski definition) is 2. The first kappa shape index (κ1) is 17.2. The molecule has 1 aromatic carbocycles. The fourth-order valence-electron chi connectivity index (χ4n) is 2.41. The summed E-state index contributed by atoms with van der Waals surface area (Å²) in [5, 5.41) is 5.50. The number of anilines is 1. The van der Waals surface area contributed by atoms with E-state index >= 15 is 0 Å². The van der Waals surface area contributed by atoms with Crippen LogP contribution >= 0.6 is 0 Å². The number of nitrogens with one attached hydrogen (secondary N) is 2. The fourth-order valence-corrected chi connectivity index (χ4v) is 2.41. The van der Waals surface area contributed by atoms with Crippen molar-refractivity contribution >= 4 is 17.5 Å². The number of carbonyl (C=O) groups is 2. The van der Waals surface area contributed by atoms with Gasteiger partial charge < -0.3 is 10.6 Å². The second-order valence-electron chi connectivity index (χ2n) is 5.53. The molecule has 0 bridgehead atoms. The lowest BCUT2D eigenvalue weighted by Crippen LogP contribution is -2.23. The van der Waals surface area contributed by atoms with Crippen LogP contribution in [-0.2, 0) is 11.3 Å². The Balaban J connectivity index is 1.70. The first-order valence-corrected chi connectivity index (χ1v) is 7.99. The van der Waals surface area contributed by atoms with Crippen molar-refractivity contribution in [2.75, 3.05) is 5.32 Å². The highest BCUT2D eigenvalue weighted by molar-refractivity contribution is 5.95. The average Bonchev–Trinajstić information content (AvgIpc) is 2.67. The molecule has 7 heteroatoms. The first-order chi connectivity index (χ1) is 12.6. The molecule has 0 aliphatic carbocycles. The smallest absolute Gasteiger partial charge is 0.251 e. The quantitative estimate of drug-likeness (QED) is 0.739. The number of rotatable bonds is 5. The molecule has 0 aliphatic rings. The van der Waals surface area contributed by atoms with Gasteiger partial charge >= 0.3 is 0 Å². The van der Waals surface area contributed by atoms with Gasteiger partial charge in [-0.25, -0.2) is 0 Å². The number of benzene rings is 1. The van der Waals surface area contributed by atoms with Crippen LogP contribution in [0.1, 0.15) is 23.0 Å². The molecule has 2 N–H and O–H groups in total. The van der Waals surface area contributed by atoms with Gasteiger partial charge in [0.25, 0.3) is 5.91 Å². The van der Waals surface area contributed by atoms with Crippen LogP contribution < -0.4 is 10.6 Å². The van der Waals surface area contributed by atoms with E-state index in [2.05, 4.69) is 25.6 Å². The Morgan fingerprint density at radius 2 is 1.77 bits per heavy atom. The Hall–Kier alpha value is -3.61. The third kappa shape index (κ3) is 4.27. The predicted octanol–water partition coefficient (Wildman–Crippen LogP) is 2.43. The molecule has 2 heterocycles. The molecule has 0 atom stereocenters. The normalized spacial score (nSPS) is 10.2. The lowest BCUT2D eigenvalue weighted by molar-refractivity contribution is -0.114. The lowest BCUT2D eigenvalue weighted by Gasteiger charge is -2.09. The lowest BCUT2D eigenvalue weighted by atomic mass is 10.1. The highest BCUT2D eigenvalue weighted by atomic mass is 16.2. The van der Waals surface area contributed by atoms with E-state index in [-0.39, 0.29) is 18.4 Å². The summed E-state index contributed by atoms with van der Waals surface area (Å²) in [4.78, 5) is 36.1. The van der Waals surface area contributed by atoms with Crippen molar-refractivity contribution in [1.82, 2.24) is 20.3 Å². The molecule has 0 spiro atoms. The molecule has 0 saturated carbocycles. The van der Waals surface area contributed by atoms with Gasteiger partial charge in [-0.15, -0.1) is 0 Å². The van der Waals surface area contributed by atoms with Crippen molar-refractivity contribution in [1.29, 1.82) is 0 Å². The van der Waals surface area contributed by atoms with Gasteiger partial charge in [0.2, 0.25) is 5.91 Å². The van der Waals surface area contributed by atoms with Crippen molar-refractivity contribution in [2.24, 2.45) is 0 Å². The summed E-state index contributed by atoms with van der Waals surface area (Å²) in [5.41, 5.74) is 3.31. The second-order valence-corrected chi connectivity index (χ2v) is 5.53. The molecule has 2 amide bonds. The van der Waals surface area contributed by atoms with Crippen LogP contribution in [0, 0.1) is 0 Å². The number of carbonyl (C=O) groups excluding carboxylic acids is 2. The minimum absolute atomic E-state index is 0.159. The summed E-state index contributed by atoms with van der Waals surface area (Å²) in [7, 11) is 0. The van der Waals surface area contributed by atoms with Gasteiger partial charge in [-0.2, -0.15) is 0 Å². The Morgan fingerprint density at radius 3 is 2.46 bits per heavy atom. The van der Waals surface area contributed by atoms with Gasteiger partial charge in [-0.1, -0.05) is 0 Å². The number of pyridine rings is 1. The van der Waals surface area contributed by atoms with Crippen molar-refractivity contribution in [3.05, 3.63) is 72.4 Å². The summed E-state index contributed by atoms with van der Waals surface area (Å²) in [6, 6.07) is 10.4. The van der Waals surface area contributed by atoms with Crippen LogP contribution in [0.2, 0.25) is 0 Å². The van der Waals surface area contributed by atoms with Gasteiger partial charge in [-0.05, 0) is 36.4 Å². The summed E-state index contributed by atoms with van der Waals surface area (Å²) in [5.74, 6) is -0.394. The Bertz CT molecular complexity index is 911. The summed E-state index contributed by atoms with van der Waals surface area (Å²) >= 11 is 0. The zero-order valence-corrected chi connectivity index (χ0v) is 14.1. The first-order valence-electron chi connectivity index (χ1n) is 7.99. The van der Waals surface area contributed by atoms with Gasteiger partial charge in [0, 0.05) is 48.5 Å². The van der Waals surface area contributed by atoms with E-state index in [0.717, 1.165) is 5.56 Å². The zero-order chi connectivity index (χ0) is 18.4. The van der Waals surface area contributed by atoms with E-state index in [1.54, 1.807) is 49.1 Å². The van der Waals surface area contributed by atoms with Crippen LogP contribution in [0.25, 0.3) is 11.3 Å². The van der Waals surface area contributed by atoms with E-state index in [9.17, 15) is 9.59 Å². The van der Waals surface area contributed by atoms with Crippen molar-refractivity contribution in [2.45, 2.75) is 13.5 Å². The molecule has 0 radical (unpaired) electrons. The molecule has 26 heavy (non-hydrogen) atoms. The van der Waals surface area contributed by atoms with E-state index in [0.29, 0.717) is 22.6 Å². The number of amides is 2. The number of hydrogen-bond acceptors (Lipinski definition) is 5. The number of aromatic nitrogens is 3. The Kier molecular flexibility index (Phi) is 5.28. The Labute approximate surface area is 150 Å².